The van der Waals surface area contributed by atoms with Crippen molar-refractivity contribution in [1.29, 1.82) is 0 Å². The molecule has 6 rings (SSSR count). The van der Waals surface area contributed by atoms with Gasteiger partial charge >= 0.3 is 0 Å². The Morgan fingerprint density at radius 3 is 2.51 bits per heavy atom. The number of fused-ring (bicyclic) bond motifs is 2. The van der Waals surface area contributed by atoms with Crippen LogP contribution in [-0.4, -0.2) is 22.1 Å². The number of anilines is 2. The Labute approximate surface area is 220 Å². The van der Waals surface area contributed by atoms with Crippen molar-refractivity contribution in [3.8, 4) is 28.4 Å². The summed E-state index contributed by atoms with van der Waals surface area (Å²) in [4.78, 5) is 25.0. The van der Waals surface area contributed by atoms with Gasteiger partial charge in [-0.3, -0.25) is 9.78 Å². The number of hydrogen-bond acceptors (Lipinski definition) is 6. The number of halogens is 2. The third-order valence-electron chi connectivity index (χ3n) is 6.28. The summed E-state index contributed by atoms with van der Waals surface area (Å²) in [5.41, 5.74) is 1.41. The van der Waals surface area contributed by atoms with Crippen LogP contribution in [0.2, 0.25) is 0 Å². The molecule has 2 N–H and O–H groups in total. The number of hydrogen-bond donors (Lipinski definition) is 2. The number of nitrogens with zero attached hydrogens (tertiary/aromatic N) is 2. The molecule has 0 saturated heterocycles. The SMILES string of the molecule is COc1ccc2c(Oc3ccc(Nc4nccc5[nH]cc(-c6ccccc6F)c(=O)c45)cc3F)ccnc2c1. The summed E-state index contributed by atoms with van der Waals surface area (Å²) in [7, 11) is 1.57. The maximum Gasteiger partial charge on any atom is 0.201 e. The van der Waals surface area contributed by atoms with Crippen LogP contribution in [0, 0.1) is 11.6 Å². The molecular weight excluding hydrogens is 502 g/mol. The highest BCUT2D eigenvalue weighted by Crippen LogP contribution is 2.33. The van der Waals surface area contributed by atoms with E-state index in [2.05, 4.69) is 20.3 Å². The number of ether oxygens (including phenoxy) is 2. The molecule has 39 heavy (non-hydrogen) atoms. The Morgan fingerprint density at radius 2 is 1.69 bits per heavy atom. The molecule has 0 radical (unpaired) electrons. The molecule has 0 amide bonds. The lowest BCUT2D eigenvalue weighted by Gasteiger charge is -2.13. The van der Waals surface area contributed by atoms with Crippen molar-refractivity contribution >= 4 is 33.3 Å². The summed E-state index contributed by atoms with van der Waals surface area (Å²) < 4.78 is 40.7. The number of rotatable bonds is 6. The standard InChI is InChI=1S/C30H20F2N4O3/c1-38-18-7-8-20-25(15-18)33-13-11-26(20)39-27-9-6-17(14-23(27)32)36-30-28-24(10-12-34-30)35-16-21(29(28)37)19-4-2-3-5-22(19)31/h2-16H,1H3,(H,34,36)(H,35,37). The third-order valence-corrected chi connectivity index (χ3v) is 6.28. The van der Waals surface area contributed by atoms with Gasteiger partial charge in [0.15, 0.2) is 11.6 Å². The highest BCUT2D eigenvalue weighted by atomic mass is 19.1. The number of benzene rings is 3. The van der Waals surface area contributed by atoms with Gasteiger partial charge in [0.25, 0.3) is 0 Å². The summed E-state index contributed by atoms with van der Waals surface area (Å²) in [6, 6.07) is 19.0. The molecule has 0 atom stereocenters. The number of nitrogens with one attached hydrogen (secondary N) is 2. The lowest BCUT2D eigenvalue weighted by Crippen LogP contribution is -2.10. The molecule has 3 aromatic carbocycles. The maximum absolute atomic E-state index is 15.1. The van der Waals surface area contributed by atoms with Gasteiger partial charge in [0.05, 0.1) is 23.5 Å². The van der Waals surface area contributed by atoms with Gasteiger partial charge < -0.3 is 19.8 Å². The lowest BCUT2D eigenvalue weighted by atomic mass is 10.0. The monoisotopic (exact) mass is 522 g/mol. The van der Waals surface area contributed by atoms with E-state index in [9.17, 15) is 9.18 Å². The van der Waals surface area contributed by atoms with Crippen molar-refractivity contribution in [3.63, 3.8) is 0 Å². The van der Waals surface area contributed by atoms with E-state index in [1.807, 2.05) is 0 Å². The first-order valence-corrected chi connectivity index (χ1v) is 11.9. The van der Waals surface area contributed by atoms with Gasteiger partial charge in [-0.1, -0.05) is 18.2 Å². The molecule has 192 valence electrons. The summed E-state index contributed by atoms with van der Waals surface area (Å²) >= 11 is 0. The van der Waals surface area contributed by atoms with Gasteiger partial charge in [0.1, 0.15) is 23.1 Å². The summed E-state index contributed by atoms with van der Waals surface area (Å²) in [5, 5.41) is 3.93. The molecule has 6 aromatic rings. The quantitative estimate of drug-likeness (QED) is 0.246. The second-order valence-corrected chi connectivity index (χ2v) is 8.66. The first kappa shape index (κ1) is 24.1. The van der Waals surface area contributed by atoms with E-state index in [4.69, 9.17) is 9.47 Å². The molecule has 0 fully saturated rings. The first-order chi connectivity index (χ1) is 19.0. The normalized spacial score (nSPS) is 11.1. The second kappa shape index (κ2) is 9.86. The Kier molecular flexibility index (Phi) is 6.08. The summed E-state index contributed by atoms with van der Waals surface area (Å²) in [6.07, 6.45) is 4.56. The number of methoxy groups -OCH3 is 1. The van der Waals surface area contributed by atoms with Crippen LogP contribution in [0.3, 0.4) is 0 Å². The van der Waals surface area contributed by atoms with Crippen molar-refractivity contribution in [3.05, 3.63) is 113 Å². The molecule has 0 aliphatic heterocycles. The Morgan fingerprint density at radius 1 is 0.846 bits per heavy atom. The third kappa shape index (κ3) is 4.50. The van der Waals surface area contributed by atoms with Gasteiger partial charge in [-0.05, 0) is 42.5 Å². The zero-order valence-electron chi connectivity index (χ0n) is 20.5. The highest BCUT2D eigenvalue weighted by molar-refractivity contribution is 5.93. The molecule has 7 nitrogen and oxygen atoms in total. The predicted octanol–water partition coefficient (Wildman–Crippen LogP) is 6.96. The first-order valence-electron chi connectivity index (χ1n) is 11.9. The second-order valence-electron chi connectivity index (χ2n) is 8.66. The molecule has 3 heterocycles. The zero-order valence-corrected chi connectivity index (χ0v) is 20.5. The molecule has 0 unspecified atom stereocenters. The molecule has 0 aliphatic carbocycles. The van der Waals surface area contributed by atoms with Crippen molar-refractivity contribution in [1.82, 2.24) is 15.0 Å². The molecule has 0 spiro atoms. The largest absolute Gasteiger partial charge is 0.497 e. The molecule has 0 bridgehead atoms. The van der Waals surface area contributed by atoms with Crippen LogP contribution in [0.25, 0.3) is 32.9 Å². The fraction of sp³-hybridized carbons (Fsp3) is 0.0333. The smallest absolute Gasteiger partial charge is 0.201 e. The van der Waals surface area contributed by atoms with Crippen LogP contribution >= 0.6 is 0 Å². The molecule has 3 aromatic heterocycles. The Balaban J connectivity index is 1.33. The van der Waals surface area contributed by atoms with Gasteiger partial charge in [0, 0.05) is 52.9 Å². The van der Waals surface area contributed by atoms with E-state index in [0.717, 1.165) is 0 Å². The summed E-state index contributed by atoms with van der Waals surface area (Å²) in [5.74, 6) is 0.156. The van der Waals surface area contributed by atoms with E-state index in [0.29, 0.717) is 33.6 Å². The van der Waals surface area contributed by atoms with Crippen molar-refractivity contribution in [2.75, 3.05) is 12.4 Å². The van der Waals surface area contributed by atoms with E-state index in [1.165, 1.54) is 36.7 Å². The minimum atomic E-state index is -0.625. The lowest BCUT2D eigenvalue weighted by molar-refractivity contribution is 0.415. The average molecular weight is 523 g/mol. The number of H-pyrrole nitrogens is 1. The predicted molar refractivity (Wildman–Crippen MR) is 146 cm³/mol. The van der Waals surface area contributed by atoms with E-state index in [-0.39, 0.29) is 28.1 Å². The number of pyridine rings is 3. The van der Waals surface area contributed by atoms with Crippen LogP contribution in [0.4, 0.5) is 20.3 Å². The van der Waals surface area contributed by atoms with Crippen LogP contribution in [-0.2, 0) is 0 Å². The van der Waals surface area contributed by atoms with E-state index >= 15 is 4.39 Å². The van der Waals surface area contributed by atoms with Crippen LogP contribution in [0.1, 0.15) is 0 Å². The number of aromatic nitrogens is 3. The van der Waals surface area contributed by atoms with Crippen LogP contribution < -0.4 is 20.2 Å². The molecule has 0 saturated carbocycles. The molecule has 0 aliphatic rings. The zero-order chi connectivity index (χ0) is 26.9. The fourth-order valence-corrected chi connectivity index (χ4v) is 4.37. The fourth-order valence-electron chi connectivity index (χ4n) is 4.37. The molecule has 9 heteroatoms. The van der Waals surface area contributed by atoms with E-state index < -0.39 is 17.1 Å². The van der Waals surface area contributed by atoms with Gasteiger partial charge in [0.2, 0.25) is 5.43 Å². The van der Waals surface area contributed by atoms with Gasteiger partial charge in [-0.25, -0.2) is 13.8 Å². The highest BCUT2D eigenvalue weighted by Gasteiger charge is 2.16. The molecular formula is C30H20F2N4O3. The van der Waals surface area contributed by atoms with Gasteiger partial charge in [-0.15, -0.1) is 0 Å². The van der Waals surface area contributed by atoms with Crippen LogP contribution in [0.15, 0.2) is 96.2 Å². The Bertz CT molecular complexity index is 1920. The average Bonchev–Trinajstić information content (AvgIpc) is 2.95. The number of aromatic amines is 1. The topological polar surface area (TPSA) is 89.1 Å². The maximum atomic E-state index is 15.1. The van der Waals surface area contributed by atoms with Crippen molar-refractivity contribution < 1.29 is 18.3 Å². The van der Waals surface area contributed by atoms with Crippen LogP contribution in [0.5, 0.6) is 17.2 Å². The summed E-state index contributed by atoms with van der Waals surface area (Å²) in [6.45, 7) is 0. The van der Waals surface area contributed by atoms with Crippen molar-refractivity contribution in [2.24, 2.45) is 0 Å². The minimum absolute atomic E-state index is 0.00873. The van der Waals surface area contributed by atoms with E-state index in [1.54, 1.807) is 61.8 Å². The Hall–Kier alpha value is -5.31. The van der Waals surface area contributed by atoms with Gasteiger partial charge in [-0.2, -0.15) is 0 Å². The van der Waals surface area contributed by atoms with Crippen molar-refractivity contribution in [2.45, 2.75) is 0 Å². The minimum Gasteiger partial charge on any atom is -0.497 e.